The summed E-state index contributed by atoms with van der Waals surface area (Å²) in [5, 5.41) is 9.24. The van der Waals surface area contributed by atoms with E-state index in [0.29, 0.717) is 6.61 Å². The zero-order valence-electron chi connectivity index (χ0n) is 7.68. The van der Waals surface area contributed by atoms with Crippen molar-refractivity contribution >= 4 is 0 Å². The Morgan fingerprint density at radius 3 is 2.54 bits per heavy atom. The molecule has 0 saturated heterocycles. The van der Waals surface area contributed by atoms with Crippen LogP contribution in [0.4, 0.5) is 0 Å². The summed E-state index contributed by atoms with van der Waals surface area (Å²) in [7, 11) is 0. The van der Waals surface area contributed by atoms with Crippen LogP contribution in [0.3, 0.4) is 0 Å². The van der Waals surface area contributed by atoms with Gasteiger partial charge in [-0.1, -0.05) is 30.3 Å². The van der Waals surface area contributed by atoms with Crippen molar-refractivity contribution in [3.05, 3.63) is 35.9 Å². The highest BCUT2D eigenvalue weighted by Crippen LogP contribution is 2.03. The second-order valence-electron chi connectivity index (χ2n) is 3.05. The Hall–Kier alpha value is -0.900. The molecule has 0 aromatic heterocycles. The van der Waals surface area contributed by atoms with E-state index in [2.05, 4.69) is 0 Å². The number of aliphatic hydroxyl groups is 1. The number of aliphatic hydroxyl groups excluding tert-OH is 1. The molecule has 1 aromatic carbocycles. The number of hydrogen-bond donors (Lipinski definition) is 2. The molecule has 0 aliphatic heterocycles. The molecule has 0 spiro atoms. The van der Waals surface area contributed by atoms with Crippen LogP contribution in [-0.2, 0) is 11.3 Å². The molecular formula is C10H15NO2. The van der Waals surface area contributed by atoms with Crippen molar-refractivity contribution in [2.24, 2.45) is 5.73 Å². The molecule has 0 fully saturated rings. The van der Waals surface area contributed by atoms with Crippen molar-refractivity contribution < 1.29 is 9.84 Å². The van der Waals surface area contributed by atoms with Crippen LogP contribution in [0.1, 0.15) is 12.5 Å². The van der Waals surface area contributed by atoms with Gasteiger partial charge in [-0.2, -0.15) is 0 Å². The van der Waals surface area contributed by atoms with Crippen molar-refractivity contribution in [1.29, 1.82) is 0 Å². The van der Waals surface area contributed by atoms with Crippen LogP contribution in [0.5, 0.6) is 0 Å². The molecule has 0 saturated carbocycles. The standard InChI is InChI=1S/C10H15NO2/c1-8(11)10(12)13-7-9-5-3-2-4-6-9/h2-6,8,10,12H,7,11H2,1H3/t8-,10?/m0/s1. The predicted molar refractivity (Wildman–Crippen MR) is 50.9 cm³/mol. The number of rotatable bonds is 4. The largest absolute Gasteiger partial charge is 0.367 e. The van der Waals surface area contributed by atoms with Crippen molar-refractivity contribution in [1.82, 2.24) is 0 Å². The lowest BCUT2D eigenvalue weighted by atomic mass is 10.2. The minimum absolute atomic E-state index is 0.358. The number of nitrogens with two attached hydrogens (primary N) is 1. The maximum absolute atomic E-state index is 9.24. The third-order valence-corrected chi connectivity index (χ3v) is 1.71. The first-order valence-corrected chi connectivity index (χ1v) is 4.29. The molecule has 0 heterocycles. The first-order valence-electron chi connectivity index (χ1n) is 4.29. The fraction of sp³-hybridized carbons (Fsp3) is 0.400. The smallest absolute Gasteiger partial charge is 0.169 e. The Balaban J connectivity index is 2.35. The number of hydrogen-bond acceptors (Lipinski definition) is 3. The fourth-order valence-corrected chi connectivity index (χ4v) is 0.908. The summed E-state index contributed by atoms with van der Waals surface area (Å²) in [6.45, 7) is 2.10. The van der Waals surface area contributed by atoms with Gasteiger partial charge in [0.15, 0.2) is 6.29 Å². The molecule has 1 rings (SSSR count). The lowest BCUT2D eigenvalue weighted by Gasteiger charge is -2.14. The summed E-state index contributed by atoms with van der Waals surface area (Å²) in [6, 6.07) is 9.31. The van der Waals surface area contributed by atoms with E-state index in [-0.39, 0.29) is 6.04 Å². The Bertz CT molecular complexity index is 236. The summed E-state index contributed by atoms with van der Waals surface area (Å²) in [5.41, 5.74) is 6.45. The third kappa shape index (κ3) is 3.55. The van der Waals surface area contributed by atoms with Crippen LogP contribution in [0, 0.1) is 0 Å². The van der Waals surface area contributed by atoms with E-state index in [4.69, 9.17) is 10.5 Å². The molecule has 3 heteroatoms. The first kappa shape index (κ1) is 10.2. The van der Waals surface area contributed by atoms with Gasteiger partial charge in [-0.25, -0.2) is 0 Å². The molecule has 3 nitrogen and oxygen atoms in total. The molecule has 3 N–H and O–H groups in total. The first-order chi connectivity index (χ1) is 6.20. The highest BCUT2D eigenvalue weighted by atomic mass is 16.6. The van der Waals surface area contributed by atoms with Crippen LogP contribution >= 0.6 is 0 Å². The summed E-state index contributed by atoms with van der Waals surface area (Å²) in [5.74, 6) is 0. The second-order valence-corrected chi connectivity index (χ2v) is 3.05. The topological polar surface area (TPSA) is 55.5 Å². The van der Waals surface area contributed by atoms with Crippen molar-refractivity contribution in [2.75, 3.05) is 0 Å². The average molecular weight is 181 g/mol. The van der Waals surface area contributed by atoms with Gasteiger partial charge in [0.05, 0.1) is 12.6 Å². The van der Waals surface area contributed by atoms with Crippen molar-refractivity contribution in [2.45, 2.75) is 25.9 Å². The highest BCUT2D eigenvalue weighted by molar-refractivity contribution is 5.13. The van der Waals surface area contributed by atoms with Gasteiger partial charge in [0.2, 0.25) is 0 Å². The number of benzene rings is 1. The Labute approximate surface area is 78.1 Å². The van der Waals surface area contributed by atoms with Gasteiger partial charge < -0.3 is 15.6 Å². The van der Waals surface area contributed by atoms with Crippen LogP contribution in [0.25, 0.3) is 0 Å². The Morgan fingerprint density at radius 2 is 2.00 bits per heavy atom. The van der Waals surface area contributed by atoms with Gasteiger partial charge in [-0.15, -0.1) is 0 Å². The summed E-state index contributed by atoms with van der Waals surface area (Å²) >= 11 is 0. The van der Waals surface area contributed by atoms with Crippen molar-refractivity contribution in [3.8, 4) is 0 Å². The minimum atomic E-state index is -0.889. The summed E-state index contributed by atoms with van der Waals surface area (Å²) < 4.78 is 5.12. The zero-order valence-corrected chi connectivity index (χ0v) is 7.68. The molecule has 0 aliphatic carbocycles. The molecule has 2 atom stereocenters. The number of ether oxygens (including phenoxy) is 1. The van der Waals surface area contributed by atoms with E-state index in [1.165, 1.54) is 0 Å². The van der Waals surface area contributed by atoms with Crippen molar-refractivity contribution in [3.63, 3.8) is 0 Å². The van der Waals surface area contributed by atoms with E-state index in [9.17, 15) is 5.11 Å². The van der Waals surface area contributed by atoms with Gasteiger partial charge in [-0.3, -0.25) is 0 Å². The maximum Gasteiger partial charge on any atom is 0.169 e. The van der Waals surface area contributed by atoms with E-state index >= 15 is 0 Å². The van der Waals surface area contributed by atoms with Gasteiger partial charge >= 0.3 is 0 Å². The van der Waals surface area contributed by atoms with E-state index in [1.807, 2.05) is 30.3 Å². The van der Waals surface area contributed by atoms with Gasteiger partial charge in [-0.05, 0) is 12.5 Å². The van der Waals surface area contributed by atoms with E-state index < -0.39 is 6.29 Å². The normalized spacial score (nSPS) is 15.3. The third-order valence-electron chi connectivity index (χ3n) is 1.71. The zero-order chi connectivity index (χ0) is 9.68. The summed E-state index contributed by atoms with van der Waals surface area (Å²) in [4.78, 5) is 0. The van der Waals surface area contributed by atoms with E-state index in [0.717, 1.165) is 5.56 Å². The molecule has 72 valence electrons. The lowest BCUT2D eigenvalue weighted by Crippen LogP contribution is -2.33. The summed E-state index contributed by atoms with van der Waals surface area (Å²) in [6.07, 6.45) is -0.889. The molecule has 0 amide bonds. The molecule has 1 unspecified atom stereocenters. The van der Waals surface area contributed by atoms with Crippen LogP contribution in [0.2, 0.25) is 0 Å². The van der Waals surface area contributed by atoms with Crippen LogP contribution < -0.4 is 5.73 Å². The lowest BCUT2D eigenvalue weighted by molar-refractivity contribution is -0.118. The monoisotopic (exact) mass is 181 g/mol. The second kappa shape index (κ2) is 4.97. The van der Waals surface area contributed by atoms with Gasteiger partial charge in [0, 0.05) is 0 Å². The molecule has 1 aromatic rings. The predicted octanol–water partition coefficient (Wildman–Crippen LogP) is 0.869. The molecule has 0 radical (unpaired) electrons. The van der Waals surface area contributed by atoms with E-state index in [1.54, 1.807) is 6.92 Å². The fourth-order valence-electron chi connectivity index (χ4n) is 0.908. The minimum Gasteiger partial charge on any atom is -0.367 e. The quantitative estimate of drug-likeness (QED) is 0.678. The SMILES string of the molecule is C[C@H](N)C(O)OCc1ccccc1. The molecular weight excluding hydrogens is 166 g/mol. The maximum atomic E-state index is 9.24. The highest BCUT2D eigenvalue weighted by Gasteiger charge is 2.08. The Kier molecular flexibility index (Phi) is 3.89. The molecule has 0 aliphatic rings. The van der Waals surface area contributed by atoms with Crippen LogP contribution in [-0.4, -0.2) is 17.4 Å². The van der Waals surface area contributed by atoms with Gasteiger partial charge in [0.1, 0.15) is 0 Å². The molecule has 0 bridgehead atoms. The molecule has 13 heavy (non-hydrogen) atoms. The van der Waals surface area contributed by atoms with Gasteiger partial charge in [0.25, 0.3) is 0 Å². The Morgan fingerprint density at radius 1 is 1.38 bits per heavy atom. The average Bonchev–Trinajstić information content (AvgIpc) is 2.15. The van der Waals surface area contributed by atoms with Crippen LogP contribution in [0.15, 0.2) is 30.3 Å².